The predicted molar refractivity (Wildman–Crippen MR) is 109 cm³/mol. The average molecular weight is 460 g/mol. The Labute approximate surface area is 166 Å². The third-order valence-electron chi connectivity index (χ3n) is 4.21. The maximum atomic E-state index is 8.65. The van der Waals surface area contributed by atoms with Crippen LogP contribution in [0.2, 0.25) is 0 Å². The molecule has 4 rings (SSSR count). The molecule has 25 heavy (non-hydrogen) atoms. The molecule has 0 aromatic heterocycles. The molecule has 1 aliphatic heterocycles. The molecule has 3 aromatic carbocycles. The van der Waals surface area contributed by atoms with Gasteiger partial charge in [0.2, 0.25) is 0 Å². The minimum absolute atomic E-state index is 0.365. The quantitative estimate of drug-likeness (QED) is 0.450. The Kier molecular flexibility index (Phi) is 4.47. The summed E-state index contributed by atoms with van der Waals surface area (Å²) in [5.74, 6) is 0.769. The summed E-state index contributed by atoms with van der Waals surface area (Å²) in [6.07, 6.45) is 0.315. The van der Waals surface area contributed by atoms with Gasteiger partial charge in [-0.3, -0.25) is 0 Å². The van der Waals surface area contributed by atoms with Crippen molar-refractivity contribution in [3.63, 3.8) is 0 Å². The van der Waals surface area contributed by atoms with Crippen molar-refractivity contribution in [1.29, 1.82) is 0 Å². The number of aryl methyl sites for hydroxylation is 1. The summed E-state index contributed by atoms with van der Waals surface area (Å²) in [7, 11) is 0. The molecular formula is C21H17Br2NO. The number of hydrogen-bond donors (Lipinski definition) is 0. The second-order valence-electron chi connectivity index (χ2n) is 5.91. The number of hydrogen-bond acceptors (Lipinski definition) is 2. The molecule has 0 radical (unpaired) electrons. The molecule has 126 valence electrons. The highest BCUT2D eigenvalue weighted by Crippen LogP contribution is 2.38. The van der Waals surface area contributed by atoms with E-state index in [0.29, 0.717) is 6.42 Å². The fourth-order valence-corrected chi connectivity index (χ4v) is 3.85. The zero-order chi connectivity index (χ0) is 18.1. The van der Waals surface area contributed by atoms with Crippen LogP contribution in [-0.2, 0) is 6.42 Å². The molecule has 0 bridgehead atoms. The molecular weight excluding hydrogens is 442 g/mol. The molecule has 1 unspecified atom stereocenters. The van der Waals surface area contributed by atoms with Gasteiger partial charge < -0.3 is 9.64 Å². The van der Waals surface area contributed by atoms with E-state index in [4.69, 9.17) is 6.11 Å². The summed E-state index contributed by atoms with van der Waals surface area (Å²) in [5, 5.41) is 0. The second kappa shape index (κ2) is 7.22. The molecule has 2 nitrogen and oxygen atoms in total. The molecule has 0 spiro atoms. The standard InChI is InChI=1S/C21H17Br2NO/c22-17-7-4-8-19(14-17)25-21(15-5-2-1-3-6-15)24-12-11-16-13-18(23)9-10-20(16)24/h1-10,13-14,21H,11-12H2/t21-/m0/s1/i12D/t12?,21-. The van der Waals surface area contributed by atoms with Crippen molar-refractivity contribution < 1.29 is 6.11 Å². The molecule has 4 heteroatoms. The van der Waals surface area contributed by atoms with E-state index in [2.05, 4.69) is 48.9 Å². The first kappa shape index (κ1) is 15.5. The van der Waals surface area contributed by atoms with Gasteiger partial charge in [-0.15, -0.1) is 0 Å². The van der Waals surface area contributed by atoms with Crippen molar-refractivity contribution in [3.05, 3.63) is 92.9 Å². The fourth-order valence-electron chi connectivity index (χ4n) is 3.06. The average Bonchev–Trinajstić information content (AvgIpc) is 2.95. The Balaban J connectivity index is 1.76. The maximum Gasteiger partial charge on any atom is 0.198 e. The maximum absolute atomic E-state index is 8.65. The molecule has 0 saturated heterocycles. The minimum atomic E-state index is -0.392. The van der Waals surface area contributed by atoms with Crippen LogP contribution in [0, 0.1) is 0 Å². The Bertz CT molecular complexity index is 919. The van der Waals surface area contributed by atoms with Gasteiger partial charge in [-0.1, -0.05) is 68.3 Å². The van der Waals surface area contributed by atoms with Crippen LogP contribution in [0.3, 0.4) is 0 Å². The SMILES string of the molecule is [2H]C1Cc2cc(Br)ccc2N1[C@@H](Oc1cccc(Br)c1)c1ccccc1. The zero-order valence-electron chi connectivity index (χ0n) is 14.4. The van der Waals surface area contributed by atoms with Gasteiger partial charge in [0.15, 0.2) is 6.23 Å². The summed E-state index contributed by atoms with van der Waals surface area (Å²) in [5.41, 5.74) is 3.25. The lowest BCUT2D eigenvalue weighted by Gasteiger charge is -2.31. The van der Waals surface area contributed by atoms with Gasteiger partial charge in [-0.25, -0.2) is 0 Å². The van der Waals surface area contributed by atoms with Crippen LogP contribution < -0.4 is 9.64 Å². The van der Waals surface area contributed by atoms with Gasteiger partial charge in [0.05, 0.1) is 0 Å². The number of benzene rings is 3. The third kappa shape index (κ3) is 3.60. The molecule has 0 aliphatic carbocycles. The van der Waals surface area contributed by atoms with Crippen molar-refractivity contribution in [3.8, 4) is 5.75 Å². The predicted octanol–water partition coefficient (Wildman–Crippen LogP) is 6.35. The van der Waals surface area contributed by atoms with Crippen molar-refractivity contribution in [2.75, 3.05) is 11.4 Å². The van der Waals surface area contributed by atoms with Gasteiger partial charge in [-0.05, 0) is 48.4 Å². The Morgan fingerprint density at radius 1 is 0.920 bits per heavy atom. The highest BCUT2D eigenvalue weighted by Gasteiger charge is 2.28. The van der Waals surface area contributed by atoms with E-state index >= 15 is 0 Å². The lowest BCUT2D eigenvalue weighted by atomic mass is 10.1. The van der Waals surface area contributed by atoms with Crippen LogP contribution in [0.4, 0.5) is 5.69 Å². The van der Waals surface area contributed by atoms with Crippen molar-refractivity contribution in [2.24, 2.45) is 0 Å². The number of halogens is 2. The topological polar surface area (TPSA) is 12.5 Å². The summed E-state index contributed by atoms with van der Waals surface area (Å²) in [6, 6.07) is 24.1. The van der Waals surface area contributed by atoms with Crippen LogP contribution in [-0.4, -0.2) is 6.52 Å². The monoisotopic (exact) mass is 458 g/mol. The summed E-state index contributed by atoms with van der Waals surface area (Å²) < 4.78 is 17.0. The smallest absolute Gasteiger partial charge is 0.198 e. The fraction of sp³-hybridized carbons (Fsp3) is 0.143. The van der Waals surface area contributed by atoms with E-state index in [0.717, 1.165) is 31.5 Å². The highest BCUT2D eigenvalue weighted by molar-refractivity contribution is 9.10. The lowest BCUT2D eigenvalue weighted by molar-refractivity contribution is 0.201. The van der Waals surface area contributed by atoms with E-state index < -0.39 is 6.52 Å². The lowest BCUT2D eigenvalue weighted by Crippen LogP contribution is -2.31. The first-order valence-corrected chi connectivity index (χ1v) is 9.66. The number of anilines is 1. The molecule has 0 N–H and O–H groups in total. The zero-order valence-corrected chi connectivity index (χ0v) is 16.6. The highest BCUT2D eigenvalue weighted by atomic mass is 79.9. The third-order valence-corrected chi connectivity index (χ3v) is 5.20. The van der Waals surface area contributed by atoms with Crippen molar-refractivity contribution in [2.45, 2.75) is 12.6 Å². The second-order valence-corrected chi connectivity index (χ2v) is 7.74. The first-order valence-electron chi connectivity index (χ1n) is 8.66. The molecule has 0 amide bonds. The number of rotatable bonds is 4. The molecule has 2 atom stereocenters. The Hall–Kier alpha value is -1.78. The molecule has 1 heterocycles. The van der Waals surface area contributed by atoms with E-state index in [1.54, 1.807) is 0 Å². The summed E-state index contributed by atoms with van der Waals surface area (Å²) >= 11 is 7.03. The minimum Gasteiger partial charge on any atom is -0.466 e. The number of nitrogens with zero attached hydrogens (tertiary/aromatic N) is 1. The molecule has 3 aromatic rings. The van der Waals surface area contributed by atoms with Gasteiger partial charge in [0.1, 0.15) is 5.75 Å². The molecule has 1 aliphatic rings. The van der Waals surface area contributed by atoms with Crippen LogP contribution in [0.5, 0.6) is 5.75 Å². The van der Waals surface area contributed by atoms with Crippen LogP contribution in [0.25, 0.3) is 0 Å². The van der Waals surface area contributed by atoms with Gasteiger partial charge in [0, 0.05) is 28.1 Å². The Morgan fingerprint density at radius 3 is 2.52 bits per heavy atom. The van der Waals surface area contributed by atoms with Crippen LogP contribution >= 0.6 is 31.9 Å². The normalized spacial score (nSPS) is 17.8. The van der Waals surface area contributed by atoms with Crippen LogP contribution in [0.15, 0.2) is 81.7 Å². The largest absolute Gasteiger partial charge is 0.466 e. The first-order chi connectivity index (χ1) is 12.6. The summed E-state index contributed by atoms with van der Waals surface area (Å²) in [4.78, 5) is 2.05. The van der Waals surface area contributed by atoms with E-state index in [1.165, 1.54) is 0 Å². The van der Waals surface area contributed by atoms with Gasteiger partial charge >= 0.3 is 0 Å². The molecule has 0 saturated carbocycles. The van der Waals surface area contributed by atoms with Crippen LogP contribution in [0.1, 0.15) is 18.7 Å². The van der Waals surface area contributed by atoms with E-state index in [1.807, 2.05) is 60.7 Å². The van der Waals surface area contributed by atoms with Gasteiger partial charge in [0.25, 0.3) is 0 Å². The van der Waals surface area contributed by atoms with Crippen molar-refractivity contribution >= 4 is 37.5 Å². The number of fused-ring (bicyclic) bond motifs is 1. The Morgan fingerprint density at radius 2 is 1.72 bits per heavy atom. The van der Waals surface area contributed by atoms with Crippen molar-refractivity contribution in [1.82, 2.24) is 0 Å². The number of ether oxygens (including phenoxy) is 1. The van der Waals surface area contributed by atoms with E-state index in [9.17, 15) is 0 Å². The van der Waals surface area contributed by atoms with Gasteiger partial charge in [-0.2, -0.15) is 0 Å². The van der Waals surface area contributed by atoms with E-state index in [-0.39, 0.29) is 6.23 Å². The molecule has 0 fully saturated rings. The summed E-state index contributed by atoms with van der Waals surface area (Å²) in [6.45, 7) is -0.392.